The lowest BCUT2D eigenvalue weighted by molar-refractivity contribution is 0.194. The average molecular weight is 456 g/mol. The summed E-state index contributed by atoms with van der Waals surface area (Å²) in [5.41, 5.74) is 2.11. The molecule has 2 aromatic rings. The quantitative estimate of drug-likeness (QED) is 0.589. The second kappa shape index (κ2) is 11.6. The molecule has 0 aliphatic carbocycles. The van der Waals surface area contributed by atoms with Gasteiger partial charge in [0.1, 0.15) is 5.75 Å². The van der Waals surface area contributed by atoms with Crippen molar-refractivity contribution in [3.05, 3.63) is 59.1 Å². The van der Waals surface area contributed by atoms with E-state index in [2.05, 4.69) is 22.8 Å². The zero-order chi connectivity index (χ0) is 22.2. The number of halogens is 1. The highest BCUT2D eigenvalue weighted by molar-refractivity contribution is 6.30. The van der Waals surface area contributed by atoms with Gasteiger partial charge >= 0.3 is 6.03 Å². The molecule has 0 aromatic heterocycles. The summed E-state index contributed by atoms with van der Waals surface area (Å²) >= 11 is 6.00. The van der Waals surface area contributed by atoms with Gasteiger partial charge in [0.2, 0.25) is 0 Å². The number of anilines is 1. The third-order valence-electron chi connectivity index (χ3n) is 6.66. The van der Waals surface area contributed by atoms with Gasteiger partial charge in [0.05, 0.1) is 6.61 Å². The highest BCUT2D eigenvalue weighted by Crippen LogP contribution is 2.29. The van der Waals surface area contributed by atoms with E-state index in [1.54, 1.807) is 0 Å². The molecule has 4 rings (SSSR count). The lowest BCUT2D eigenvalue weighted by atomic mass is 9.89. The molecular weight excluding hydrogens is 422 g/mol. The minimum atomic E-state index is -0.0322. The molecule has 0 spiro atoms. The van der Waals surface area contributed by atoms with E-state index in [1.165, 1.54) is 31.2 Å². The maximum absolute atomic E-state index is 12.7. The van der Waals surface area contributed by atoms with Crippen LogP contribution in [0.5, 0.6) is 5.75 Å². The van der Waals surface area contributed by atoms with Crippen LogP contribution in [0.15, 0.2) is 48.5 Å². The summed E-state index contributed by atoms with van der Waals surface area (Å²) in [4.78, 5) is 14.6. The molecule has 1 atom stereocenters. The van der Waals surface area contributed by atoms with Crippen LogP contribution < -0.4 is 15.4 Å². The molecule has 1 unspecified atom stereocenters. The van der Waals surface area contributed by atoms with Crippen molar-refractivity contribution >= 4 is 23.3 Å². The predicted octanol–water partition coefficient (Wildman–Crippen LogP) is 5.91. The molecule has 0 saturated carbocycles. The zero-order valence-electron chi connectivity index (χ0n) is 18.7. The van der Waals surface area contributed by atoms with Gasteiger partial charge in [0.15, 0.2) is 0 Å². The van der Waals surface area contributed by atoms with Crippen LogP contribution in [0.1, 0.15) is 50.0 Å². The number of carbonyl (C=O) groups is 1. The molecule has 2 saturated heterocycles. The standard InChI is InChI=1S/C26H34ClN3O2/c27-23-6-4-21(5-7-23)22-13-17-30(18-14-22)26(31)29-24-8-10-25(11-9-24)32-19-20-3-1-2-15-28-16-12-20/h4-11,20,22,28H,1-3,12-19H2,(H,29,31). The molecule has 2 amide bonds. The third-order valence-corrected chi connectivity index (χ3v) is 6.91. The van der Waals surface area contributed by atoms with Crippen LogP contribution in [0.2, 0.25) is 5.02 Å². The molecule has 172 valence electrons. The van der Waals surface area contributed by atoms with Crippen molar-refractivity contribution in [2.45, 2.75) is 44.4 Å². The molecule has 2 aliphatic heterocycles. The van der Waals surface area contributed by atoms with E-state index in [0.29, 0.717) is 11.8 Å². The molecule has 6 heteroatoms. The first kappa shape index (κ1) is 22.9. The Balaban J connectivity index is 1.21. The Morgan fingerprint density at radius 2 is 1.72 bits per heavy atom. The van der Waals surface area contributed by atoms with Crippen LogP contribution in [0.25, 0.3) is 0 Å². The van der Waals surface area contributed by atoms with Crippen molar-refractivity contribution in [2.75, 3.05) is 38.1 Å². The Kier molecular flexibility index (Phi) is 8.30. The number of benzene rings is 2. The van der Waals surface area contributed by atoms with E-state index in [4.69, 9.17) is 16.3 Å². The normalized spacial score (nSPS) is 20.3. The van der Waals surface area contributed by atoms with E-state index in [1.807, 2.05) is 41.3 Å². The zero-order valence-corrected chi connectivity index (χ0v) is 19.4. The monoisotopic (exact) mass is 455 g/mol. The van der Waals surface area contributed by atoms with Crippen molar-refractivity contribution in [1.29, 1.82) is 0 Å². The fourth-order valence-corrected chi connectivity index (χ4v) is 4.75. The summed E-state index contributed by atoms with van der Waals surface area (Å²) in [6.07, 6.45) is 6.87. The van der Waals surface area contributed by atoms with Crippen molar-refractivity contribution in [3.63, 3.8) is 0 Å². The second-order valence-corrected chi connectivity index (χ2v) is 9.42. The SMILES string of the molecule is O=C(Nc1ccc(OCC2CCCCNCC2)cc1)N1CCC(c2ccc(Cl)cc2)CC1. The Bertz CT molecular complexity index is 840. The van der Waals surface area contributed by atoms with Crippen LogP contribution in [-0.2, 0) is 0 Å². The molecule has 2 N–H and O–H groups in total. The molecule has 2 aliphatic rings. The topological polar surface area (TPSA) is 53.6 Å². The number of hydrogen-bond acceptors (Lipinski definition) is 3. The predicted molar refractivity (Wildman–Crippen MR) is 131 cm³/mol. The lowest BCUT2D eigenvalue weighted by Crippen LogP contribution is -2.40. The summed E-state index contributed by atoms with van der Waals surface area (Å²) < 4.78 is 6.02. The number of hydrogen-bond donors (Lipinski definition) is 2. The first-order valence-electron chi connectivity index (χ1n) is 11.9. The molecule has 2 heterocycles. The van der Waals surface area contributed by atoms with E-state index >= 15 is 0 Å². The van der Waals surface area contributed by atoms with Gasteiger partial charge in [0, 0.05) is 23.8 Å². The minimum Gasteiger partial charge on any atom is -0.493 e. The van der Waals surface area contributed by atoms with Crippen LogP contribution in [-0.4, -0.2) is 43.7 Å². The van der Waals surface area contributed by atoms with Gasteiger partial charge < -0.3 is 20.3 Å². The van der Waals surface area contributed by atoms with Crippen LogP contribution in [0, 0.1) is 5.92 Å². The number of rotatable bonds is 5. The smallest absolute Gasteiger partial charge is 0.321 e. The Morgan fingerprint density at radius 1 is 0.969 bits per heavy atom. The molecule has 5 nitrogen and oxygen atoms in total. The number of amides is 2. The van der Waals surface area contributed by atoms with Crippen LogP contribution >= 0.6 is 11.6 Å². The largest absolute Gasteiger partial charge is 0.493 e. The second-order valence-electron chi connectivity index (χ2n) is 8.98. The van der Waals surface area contributed by atoms with Crippen LogP contribution in [0.4, 0.5) is 10.5 Å². The number of ether oxygens (including phenoxy) is 1. The average Bonchev–Trinajstić information content (AvgIpc) is 2.80. The van der Waals surface area contributed by atoms with E-state index < -0.39 is 0 Å². The van der Waals surface area contributed by atoms with Gasteiger partial charge in [0.25, 0.3) is 0 Å². The van der Waals surface area contributed by atoms with E-state index in [0.717, 1.165) is 62.1 Å². The Morgan fingerprint density at radius 3 is 2.47 bits per heavy atom. The minimum absolute atomic E-state index is 0.0322. The number of carbonyl (C=O) groups excluding carboxylic acids is 1. The maximum atomic E-state index is 12.7. The Labute approximate surface area is 196 Å². The highest BCUT2D eigenvalue weighted by atomic mass is 35.5. The first-order valence-corrected chi connectivity index (χ1v) is 12.3. The van der Waals surface area contributed by atoms with Gasteiger partial charge in [-0.25, -0.2) is 4.79 Å². The van der Waals surface area contributed by atoms with Crippen molar-refractivity contribution in [1.82, 2.24) is 10.2 Å². The summed E-state index contributed by atoms with van der Waals surface area (Å²) in [7, 11) is 0. The van der Waals surface area contributed by atoms with E-state index in [9.17, 15) is 4.79 Å². The molecule has 0 bridgehead atoms. The first-order chi connectivity index (χ1) is 15.7. The molecule has 2 fully saturated rings. The van der Waals surface area contributed by atoms with Crippen molar-refractivity contribution < 1.29 is 9.53 Å². The van der Waals surface area contributed by atoms with Gasteiger partial charge in [-0.2, -0.15) is 0 Å². The fraction of sp³-hybridized carbons (Fsp3) is 0.500. The van der Waals surface area contributed by atoms with Crippen LogP contribution in [0.3, 0.4) is 0 Å². The number of piperidine rings is 1. The third kappa shape index (κ3) is 6.63. The fourth-order valence-electron chi connectivity index (χ4n) is 4.63. The molecular formula is C26H34ClN3O2. The lowest BCUT2D eigenvalue weighted by Gasteiger charge is -2.32. The summed E-state index contributed by atoms with van der Waals surface area (Å²) in [6.45, 7) is 4.50. The maximum Gasteiger partial charge on any atom is 0.321 e. The van der Waals surface area contributed by atoms with Gasteiger partial charge in [-0.05, 0) is 99.0 Å². The molecule has 0 radical (unpaired) electrons. The van der Waals surface area contributed by atoms with Crippen molar-refractivity contribution in [3.8, 4) is 5.75 Å². The summed E-state index contributed by atoms with van der Waals surface area (Å²) in [6, 6.07) is 15.8. The number of likely N-dealkylation sites (tertiary alicyclic amines) is 1. The number of nitrogens with one attached hydrogen (secondary N) is 2. The van der Waals surface area contributed by atoms with Crippen molar-refractivity contribution in [2.24, 2.45) is 5.92 Å². The van der Waals surface area contributed by atoms with Gasteiger partial charge in [-0.3, -0.25) is 0 Å². The highest BCUT2D eigenvalue weighted by Gasteiger charge is 2.24. The van der Waals surface area contributed by atoms with Gasteiger partial charge in [-0.1, -0.05) is 30.2 Å². The molecule has 32 heavy (non-hydrogen) atoms. The van der Waals surface area contributed by atoms with Gasteiger partial charge in [-0.15, -0.1) is 0 Å². The number of nitrogens with zero attached hydrogens (tertiary/aromatic N) is 1. The Hall–Kier alpha value is -2.24. The summed E-state index contributed by atoms with van der Waals surface area (Å²) in [5, 5.41) is 7.27. The van der Waals surface area contributed by atoms with E-state index in [-0.39, 0.29) is 6.03 Å². The summed E-state index contributed by atoms with van der Waals surface area (Å²) in [5.74, 6) is 1.96. The number of urea groups is 1. The molecule has 2 aromatic carbocycles.